The van der Waals surface area contributed by atoms with Crippen LogP contribution in [0.5, 0.6) is 0 Å². The highest BCUT2D eigenvalue weighted by Crippen LogP contribution is 2.31. The highest BCUT2D eigenvalue weighted by molar-refractivity contribution is 5.97. The predicted molar refractivity (Wildman–Crippen MR) is 181 cm³/mol. The minimum Gasteiger partial charge on any atom is -0.481 e. The molecule has 22 heteroatoms. The molecule has 12 N–H and O–H groups in total. The highest BCUT2D eigenvalue weighted by Gasteiger charge is 2.44. The number of anilines is 4. The van der Waals surface area contributed by atoms with Crippen molar-refractivity contribution in [2.75, 3.05) is 35.8 Å². The van der Waals surface area contributed by atoms with Gasteiger partial charge in [-0.1, -0.05) is 0 Å². The first-order chi connectivity index (χ1) is 24.8. The van der Waals surface area contributed by atoms with Crippen LogP contribution in [0.15, 0.2) is 43.1 Å². The molecule has 274 valence electrons. The molecule has 1 saturated heterocycles. The quantitative estimate of drug-likeness (QED) is 0.0732. The van der Waals surface area contributed by atoms with Crippen molar-refractivity contribution in [1.29, 1.82) is 0 Å². The first-order valence-electron chi connectivity index (χ1n) is 15.4. The van der Waals surface area contributed by atoms with Gasteiger partial charge in [0.2, 0.25) is 5.95 Å². The number of imidazole rings is 1. The lowest BCUT2D eigenvalue weighted by molar-refractivity contribution is -0.140. The fourth-order valence-corrected chi connectivity index (χ4v) is 5.19. The molecule has 1 amide bonds. The van der Waals surface area contributed by atoms with Crippen molar-refractivity contribution < 1.29 is 44.7 Å². The molecule has 0 unspecified atom stereocenters. The van der Waals surface area contributed by atoms with E-state index in [1.165, 1.54) is 29.4 Å². The molecular weight excluding hydrogens is 686 g/mol. The molecular formula is C30H35N13O9. The first kappa shape index (κ1) is 36.9. The zero-order chi connectivity index (χ0) is 37.7. The van der Waals surface area contributed by atoms with Gasteiger partial charge in [-0.05, 0) is 30.7 Å². The van der Waals surface area contributed by atoms with Gasteiger partial charge in [0.15, 0.2) is 34.7 Å². The molecule has 0 bridgehead atoms. The number of carboxylic acids is 2. The second-order valence-electron chi connectivity index (χ2n) is 11.5. The fourth-order valence-electron chi connectivity index (χ4n) is 5.19. The normalized spacial score (nSPS) is 18.8. The summed E-state index contributed by atoms with van der Waals surface area (Å²) < 4.78 is 6.85. The Morgan fingerprint density at radius 3 is 2.35 bits per heavy atom. The third-order valence-electron chi connectivity index (χ3n) is 7.90. The van der Waals surface area contributed by atoms with Crippen molar-refractivity contribution in [1.82, 2.24) is 44.8 Å². The van der Waals surface area contributed by atoms with E-state index in [9.17, 15) is 29.7 Å². The molecule has 52 heavy (non-hydrogen) atoms. The van der Waals surface area contributed by atoms with Crippen LogP contribution < -0.4 is 27.4 Å². The summed E-state index contributed by atoms with van der Waals surface area (Å²) in [5.74, 6) is -2.69. The Morgan fingerprint density at radius 1 is 0.962 bits per heavy atom. The van der Waals surface area contributed by atoms with Crippen molar-refractivity contribution in [3.05, 3.63) is 54.4 Å². The number of nitrogens with one attached hydrogen (secondary N) is 1. The topological polar surface area (TPSA) is 350 Å². The predicted octanol–water partition coefficient (Wildman–Crippen LogP) is -1.71. The summed E-state index contributed by atoms with van der Waals surface area (Å²) in [6.45, 7) is -0.0208. The van der Waals surface area contributed by atoms with E-state index >= 15 is 0 Å². The number of benzene rings is 1. The standard InChI is InChI=1S/C20H22N8O5.C10H13N5O4/c1-28(9-11-8-23-17-15(24-11)16(21)26-20(22)27-17)12-4-2-10(3-5-12)18(31)25-13(19(32)33)6-7-14(29)30;11-8-5-9(13-2-12-8)15(3-14-5)10-7(18)6(17)4(1-16)19-10/h2-5,8,13H,6-7,9H2,1H3,(H,25,31)(H,29,30)(H,32,33)(H4,21,22,23,26,27);2-4,6-7,10,16-18H,1H2,(H2,11,12,13)/t13-;4-,6-,7-,10-/m01/s1. The summed E-state index contributed by atoms with van der Waals surface area (Å²) in [6.07, 6.45) is -0.459. The number of hydrogen-bond donors (Lipinski definition) is 9. The minimum absolute atomic E-state index is 0.0138. The molecule has 5 heterocycles. The van der Waals surface area contributed by atoms with Gasteiger partial charge in [-0.2, -0.15) is 9.97 Å². The zero-order valence-electron chi connectivity index (χ0n) is 27.4. The van der Waals surface area contributed by atoms with Crippen LogP contribution in [0.2, 0.25) is 0 Å². The van der Waals surface area contributed by atoms with E-state index in [0.29, 0.717) is 34.6 Å². The van der Waals surface area contributed by atoms with Gasteiger partial charge in [-0.25, -0.2) is 29.7 Å². The van der Waals surface area contributed by atoms with Gasteiger partial charge in [0.1, 0.15) is 36.2 Å². The Bertz CT molecular complexity index is 2080. The summed E-state index contributed by atoms with van der Waals surface area (Å²) in [6, 6.07) is 5.16. The van der Waals surface area contributed by atoms with Crippen LogP contribution in [-0.4, -0.2) is 121 Å². The summed E-state index contributed by atoms with van der Waals surface area (Å²) in [4.78, 5) is 64.6. The Kier molecular flexibility index (Phi) is 11.1. The van der Waals surface area contributed by atoms with Gasteiger partial charge in [0.25, 0.3) is 5.91 Å². The summed E-state index contributed by atoms with van der Waals surface area (Å²) >= 11 is 0. The Balaban J connectivity index is 0.000000231. The monoisotopic (exact) mass is 721 g/mol. The lowest BCUT2D eigenvalue weighted by atomic mass is 10.1. The maximum atomic E-state index is 12.4. The van der Waals surface area contributed by atoms with Crippen LogP contribution in [0.3, 0.4) is 0 Å². The number of carbonyl (C=O) groups excluding carboxylic acids is 1. The van der Waals surface area contributed by atoms with Gasteiger partial charge in [-0.15, -0.1) is 0 Å². The van der Waals surface area contributed by atoms with Gasteiger partial charge in [0.05, 0.1) is 31.4 Å². The molecule has 1 fully saturated rings. The van der Waals surface area contributed by atoms with E-state index in [2.05, 4.69) is 40.2 Å². The van der Waals surface area contributed by atoms with Crippen LogP contribution >= 0.6 is 0 Å². The van der Waals surface area contributed by atoms with Gasteiger partial charge < -0.3 is 57.7 Å². The van der Waals surface area contributed by atoms with Crippen molar-refractivity contribution >= 4 is 63.4 Å². The average Bonchev–Trinajstić information content (AvgIpc) is 3.67. The van der Waals surface area contributed by atoms with E-state index in [0.717, 1.165) is 5.69 Å². The number of aliphatic hydroxyl groups is 3. The molecule has 6 rings (SSSR count). The highest BCUT2D eigenvalue weighted by atomic mass is 16.6. The number of amides is 1. The number of nitrogen functional groups attached to an aromatic ring is 3. The third-order valence-corrected chi connectivity index (χ3v) is 7.90. The van der Waals surface area contributed by atoms with Crippen LogP contribution in [0.4, 0.5) is 23.3 Å². The number of aliphatic carboxylic acids is 2. The molecule has 5 aromatic rings. The number of carbonyl (C=O) groups is 3. The number of hydrogen-bond acceptors (Lipinski definition) is 18. The third kappa shape index (κ3) is 8.15. The molecule has 1 aliphatic heterocycles. The molecule has 0 saturated carbocycles. The Morgan fingerprint density at radius 2 is 1.69 bits per heavy atom. The Hall–Kier alpha value is -6.36. The number of aromatic nitrogens is 8. The molecule has 4 aromatic heterocycles. The van der Waals surface area contributed by atoms with E-state index in [-0.39, 0.29) is 36.0 Å². The molecule has 1 aromatic carbocycles. The summed E-state index contributed by atoms with van der Waals surface area (Å²) in [5, 5.41) is 49.0. The van der Waals surface area contributed by atoms with Crippen LogP contribution in [0.1, 0.15) is 35.1 Å². The van der Waals surface area contributed by atoms with E-state index in [1.807, 2.05) is 11.9 Å². The number of nitrogens with zero attached hydrogens (tertiary/aromatic N) is 9. The number of carboxylic acid groups (broad SMARTS) is 2. The van der Waals surface area contributed by atoms with Gasteiger partial charge in [-0.3, -0.25) is 14.2 Å². The number of ether oxygens (including phenoxy) is 1. The van der Waals surface area contributed by atoms with Gasteiger partial charge in [0, 0.05) is 24.7 Å². The second kappa shape index (κ2) is 15.7. The van der Waals surface area contributed by atoms with Crippen molar-refractivity contribution in [3.63, 3.8) is 0 Å². The second-order valence-corrected chi connectivity index (χ2v) is 11.5. The maximum absolute atomic E-state index is 12.4. The molecule has 5 atom stereocenters. The minimum atomic E-state index is -1.30. The van der Waals surface area contributed by atoms with E-state index in [1.54, 1.807) is 18.3 Å². The van der Waals surface area contributed by atoms with Gasteiger partial charge >= 0.3 is 11.9 Å². The number of fused-ring (bicyclic) bond motifs is 2. The van der Waals surface area contributed by atoms with Crippen molar-refractivity contribution in [3.8, 4) is 0 Å². The molecule has 0 aliphatic carbocycles. The lowest BCUT2D eigenvalue weighted by Crippen LogP contribution is -2.41. The summed E-state index contributed by atoms with van der Waals surface area (Å²) in [5.41, 5.74) is 20.1. The fraction of sp³-hybridized carbons (Fsp3) is 0.333. The molecule has 1 aliphatic rings. The maximum Gasteiger partial charge on any atom is 0.326 e. The summed E-state index contributed by atoms with van der Waals surface area (Å²) in [7, 11) is 1.82. The Labute approximate surface area is 293 Å². The van der Waals surface area contributed by atoms with E-state index < -0.39 is 55.0 Å². The molecule has 0 spiro atoms. The number of aliphatic hydroxyl groups excluding tert-OH is 3. The average molecular weight is 722 g/mol. The number of rotatable bonds is 11. The molecule has 22 nitrogen and oxygen atoms in total. The SMILES string of the molecule is CN(Cc1cnc2nc(N)nc(N)c2n1)c1ccc(C(=O)N[C@@H](CCC(=O)O)C(=O)O)cc1.Nc1ncnc2c1ncn2[C@@H]1O[C@H](CO)[C@@H](O)[C@H]1O. The van der Waals surface area contributed by atoms with E-state index in [4.69, 9.17) is 32.2 Å². The zero-order valence-corrected chi connectivity index (χ0v) is 27.4. The van der Waals surface area contributed by atoms with Crippen LogP contribution in [0, 0.1) is 0 Å². The van der Waals surface area contributed by atoms with Crippen molar-refractivity contribution in [2.45, 2.75) is 50.0 Å². The number of nitrogens with two attached hydrogens (primary N) is 3. The van der Waals surface area contributed by atoms with Crippen LogP contribution in [0.25, 0.3) is 22.3 Å². The van der Waals surface area contributed by atoms with Crippen molar-refractivity contribution in [2.24, 2.45) is 0 Å². The largest absolute Gasteiger partial charge is 0.481 e. The first-order valence-corrected chi connectivity index (χ1v) is 15.4. The lowest BCUT2D eigenvalue weighted by Gasteiger charge is -2.19. The molecule has 0 radical (unpaired) electrons. The van der Waals surface area contributed by atoms with Crippen LogP contribution in [-0.2, 0) is 20.9 Å². The smallest absolute Gasteiger partial charge is 0.326 e.